The van der Waals surface area contributed by atoms with E-state index >= 15 is 0 Å². The second kappa shape index (κ2) is 6.97. The highest BCUT2D eigenvalue weighted by Gasteiger charge is 2.09. The molecule has 18 heavy (non-hydrogen) atoms. The minimum absolute atomic E-state index is 0.00128. The lowest BCUT2D eigenvalue weighted by atomic mass is 10.3. The maximum absolute atomic E-state index is 11.0. The second-order valence-electron chi connectivity index (χ2n) is 3.90. The molecular weight excluding hydrogens is 276 g/mol. The Balaban J connectivity index is 2.49. The average molecular weight is 293 g/mol. The van der Waals surface area contributed by atoms with Gasteiger partial charge in [-0.15, -0.1) is 0 Å². The molecule has 0 heterocycles. The van der Waals surface area contributed by atoms with Gasteiger partial charge in [-0.2, -0.15) is 0 Å². The van der Waals surface area contributed by atoms with Gasteiger partial charge >= 0.3 is 0 Å². The van der Waals surface area contributed by atoms with Crippen LogP contribution >= 0.6 is 10.7 Å². The fraction of sp³-hybridized carbons (Fsp3) is 0.500. The van der Waals surface area contributed by atoms with E-state index in [1.165, 1.54) is 12.1 Å². The fourth-order valence-corrected chi connectivity index (χ4v) is 2.05. The number of hydrogen-bond acceptors (Lipinski definition) is 4. The second-order valence-corrected chi connectivity index (χ2v) is 6.47. The molecule has 1 unspecified atom stereocenters. The lowest BCUT2D eigenvalue weighted by molar-refractivity contribution is 0.0327. The molecule has 0 aliphatic rings. The van der Waals surface area contributed by atoms with Crippen molar-refractivity contribution in [1.82, 2.24) is 0 Å². The highest BCUT2D eigenvalue weighted by Crippen LogP contribution is 2.19. The molecule has 0 saturated carbocycles. The molecule has 102 valence electrons. The molecule has 0 amide bonds. The molecule has 0 spiro atoms. The highest BCUT2D eigenvalue weighted by atomic mass is 35.7. The van der Waals surface area contributed by atoms with Gasteiger partial charge in [0.05, 0.1) is 11.0 Å². The molecular formula is C12H17ClO4S. The predicted octanol–water partition coefficient (Wildman–Crippen LogP) is 2.81. The third kappa shape index (κ3) is 5.25. The van der Waals surface area contributed by atoms with Crippen molar-refractivity contribution >= 4 is 19.7 Å². The van der Waals surface area contributed by atoms with Gasteiger partial charge < -0.3 is 9.47 Å². The Morgan fingerprint density at radius 3 is 2.39 bits per heavy atom. The van der Waals surface area contributed by atoms with Crippen LogP contribution in [0.1, 0.15) is 20.3 Å². The molecule has 0 saturated heterocycles. The van der Waals surface area contributed by atoms with Crippen LogP contribution < -0.4 is 4.74 Å². The van der Waals surface area contributed by atoms with Crippen LogP contribution in [0, 0.1) is 0 Å². The van der Waals surface area contributed by atoms with Crippen LogP contribution in [0.5, 0.6) is 5.75 Å². The Kier molecular flexibility index (Phi) is 5.91. The van der Waals surface area contributed by atoms with Gasteiger partial charge in [0.2, 0.25) is 0 Å². The number of ether oxygens (including phenoxy) is 2. The molecule has 1 rings (SSSR count). The van der Waals surface area contributed by atoms with Crippen LogP contribution in [0.3, 0.4) is 0 Å². The first kappa shape index (κ1) is 15.3. The number of hydrogen-bond donors (Lipinski definition) is 0. The first-order valence-electron chi connectivity index (χ1n) is 5.72. The van der Waals surface area contributed by atoms with E-state index in [4.69, 9.17) is 20.2 Å². The van der Waals surface area contributed by atoms with Crippen LogP contribution in [0.15, 0.2) is 29.2 Å². The maximum atomic E-state index is 11.0. The van der Waals surface area contributed by atoms with E-state index in [1.54, 1.807) is 12.1 Å². The smallest absolute Gasteiger partial charge is 0.261 e. The molecule has 0 aromatic heterocycles. The summed E-state index contributed by atoms with van der Waals surface area (Å²) < 4.78 is 33.0. The van der Waals surface area contributed by atoms with Gasteiger partial charge in [-0.05, 0) is 37.6 Å². The predicted molar refractivity (Wildman–Crippen MR) is 70.7 cm³/mol. The van der Waals surface area contributed by atoms with E-state index in [1.807, 2.05) is 13.8 Å². The molecule has 1 aromatic carbocycles. The number of halogens is 1. The van der Waals surface area contributed by atoms with Crippen molar-refractivity contribution < 1.29 is 17.9 Å². The Labute approximate surface area is 112 Å². The minimum Gasteiger partial charge on any atom is -0.491 e. The van der Waals surface area contributed by atoms with Gasteiger partial charge in [-0.1, -0.05) is 6.92 Å². The van der Waals surface area contributed by atoms with Crippen molar-refractivity contribution in [3.05, 3.63) is 24.3 Å². The zero-order chi connectivity index (χ0) is 13.6. The SMILES string of the molecule is CCCOC(C)COc1ccc(S(=O)(=O)Cl)cc1. The van der Waals surface area contributed by atoms with Gasteiger partial charge in [0, 0.05) is 17.3 Å². The molecule has 0 aliphatic carbocycles. The molecule has 4 nitrogen and oxygen atoms in total. The summed E-state index contributed by atoms with van der Waals surface area (Å²) in [6, 6.07) is 5.97. The van der Waals surface area contributed by atoms with Crippen LogP contribution in [0.25, 0.3) is 0 Å². The molecule has 0 N–H and O–H groups in total. The van der Waals surface area contributed by atoms with E-state index in [2.05, 4.69) is 0 Å². The van der Waals surface area contributed by atoms with E-state index in [0.717, 1.165) is 6.42 Å². The van der Waals surface area contributed by atoms with Crippen molar-refractivity contribution in [2.24, 2.45) is 0 Å². The minimum atomic E-state index is -3.67. The molecule has 0 radical (unpaired) electrons. The van der Waals surface area contributed by atoms with Crippen molar-refractivity contribution in [2.45, 2.75) is 31.3 Å². The third-order valence-corrected chi connectivity index (χ3v) is 3.57. The lowest BCUT2D eigenvalue weighted by Gasteiger charge is -2.13. The number of rotatable bonds is 7. The van der Waals surface area contributed by atoms with Crippen LogP contribution in [-0.4, -0.2) is 27.7 Å². The zero-order valence-electron chi connectivity index (χ0n) is 10.4. The van der Waals surface area contributed by atoms with Gasteiger partial charge in [-0.3, -0.25) is 0 Å². The lowest BCUT2D eigenvalue weighted by Crippen LogP contribution is -2.18. The van der Waals surface area contributed by atoms with E-state index in [9.17, 15) is 8.42 Å². The van der Waals surface area contributed by atoms with Crippen LogP contribution in [0.2, 0.25) is 0 Å². The van der Waals surface area contributed by atoms with Gasteiger partial charge in [0.15, 0.2) is 0 Å². The summed E-state index contributed by atoms with van der Waals surface area (Å²) >= 11 is 0. The molecule has 1 atom stereocenters. The summed E-state index contributed by atoms with van der Waals surface area (Å²) in [6.07, 6.45) is 0.966. The molecule has 1 aromatic rings. The summed E-state index contributed by atoms with van der Waals surface area (Å²) in [5.41, 5.74) is 0. The summed E-state index contributed by atoms with van der Waals surface area (Å²) in [7, 11) is 1.54. The highest BCUT2D eigenvalue weighted by molar-refractivity contribution is 8.13. The van der Waals surface area contributed by atoms with Gasteiger partial charge in [-0.25, -0.2) is 8.42 Å². The molecule has 0 fully saturated rings. The topological polar surface area (TPSA) is 52.6 Å². The Bertz CT molecular complexity index is 455. The van der Waals surface area contributed by atoms with E-state index in [-0.39, 0.29) is 11.0 Å². The zero-order valence-corrected chi connectivity index (χ0v) is 12.0. The summed E-state index contributed by atoms with van der Waals surface area (Å²) in [4.78, 5) is 0.0619. The average Bonchev–Trinajstić information content (AvgIpc) is 2.33. The van der Waals surface area contributed by atoms with Crippen molar-refractivity contribution in [3.8, 4) is 5.75 Å². The van der Waals surface area contributed by atoms with Crippen molar-refractivity contribution in [2.75, 3.05) is 13.2 Å². The van der Waals surface area contributed by atoms with Crippen molar-refractivity contribution in [3.63, 3.8) is 0 Å². The van der Waals surface area contributed by atoms with E-state index in [0.29, 0.717) is 19.0 Å². The summed E-state index contributed by atoms with van der Waals surface area (Å²) in [6.45, 7) is 5.09. The first-order chi connectivity index (χ1) is 8.43. The van der Waals surface area contributed by atoms with Crippen LogP contribution in [0.4, 0.5) is 0 Å². The summed E-state index contributed by atoms with van der Waals surface area (Å²) in [5, 5.41) is 0. The fourth-order valence-electron chi connectivity index (χ4n) is 1.28. The van der Waals surface area contributed by atoms with E-state index < -0.39 is 9.05 Å². The first-order valence-corrected chi connectivity index (χ1v) is 8.03. The van der Waals surface area contributed by atoms with Gasteiger partial charge in [0.25, 0.3) is 9.05 Å². The maximum Gasteiger partial charge on any atom is 0.261 e. The Hall–Kier alpha value is -0.780. The quantitative estimate of drug-likeness (QED) is 0.725. The largest absolute Gasteiger partial charge is 0.491 e. The monoisotopic (exact) mass is 292 g/mol. The van der Waals surface area contributed by atoms with Gasteiger partial charge in [0.1, 0.15) is 12.4 Å². The Morgan fingerprint density at radius 1 is 1.28 bits per heavy atom. The third-order valence-electron chi connectivity index (χ3n) is 2.20. The standard InChI is InChI=1S/C12H17ClO4S/c1-3-8-16-10(2)9-17-11-4-6-12(7-5-11)18(13,14)15/h4-7,10H,3,8-9H2,1-2H3. The molecule has 6 heteroatoms. The van der Waals surface area contributed by atoms with Crippen LogP contribution in [-0.2, 0) is 13.8 Å². The molecule has 0 aliphatic heterocycles. The molecule has 0 bridgehead atoms. The normalized spacial score (nSPS) is 13.3. The Morgan fingerprint density at radius 2 is 1.89 bits per heavy atom. The van der Waals surface area contributed by atoms with Crippen molar-refractivity contribution in [1.29, 1.82) is 0 Å². The number of benzene rings is 1. The summed E-state index contributed by atoms with van der Waals surface area (Å²) in [5.74, 6) is 0.589.